The largest absolute Gasteiger partial charge is 0.317 e. The van der Waals surface area contributed by atoms with E-state index in [4.69, 9.17) is 0 Å². The van der Waals surface area contributed by atoms with Crippen LogP contribution in [0.1, 0.15) is 44.5 Å². The van der Waals surface area contributed by atoms with Crippen LogP contribution >= 0.6 is 0 Å². The van der Waals surface area contributed by atoms with E-state index in [1.54, 1.807) is 6.92 Å². The Morgan fingerprint density at radius 3 is 2.76 bits per heavy atom. The molecular formula is C14H16N2O. The molecule has 1 fully saturated rings. The molecule has 0 N–H and O–H groups in total. The number of Topliss-reactive ketones (excluding diaryl/α,β-unsaturated/α-hetero) is 1. The zero-order valence-electron chi connectivity index (χ0n) is 10.2. The molecule has 1 saturated carbocycles. The van der Waals surface area contributed by atoms with E-state index in [1.807, 2.05) is 31.2 Å². The highest BCUT2D eigenvalue weighted by Gasteiger charge is 2.31. The molecular weight excluding hydrogens is 212 g/mol. The van der Waals surface area contributed by atoms with Crippen LogP contribution < -0.4 is 0 Å². The molecule has 0 spiro atoms. The molecule has 1 aliphatic rings. The normalized spacial score (nSPS) is 17.3. The second-order valence-corrected chi connectivity index (χ2v) is 4.89. The van der Waals surface area contributed by atoms with E-state index >= 15 is 0 Å². The first-order chi connectivity index (χ1) is 8.18. The topological polar surface area (TPSA) is 34.9 Å². The van der Waals surface area contributed by atoms with Crippen LogP contribution in [0.3, 0.4) is 0 Å². The number of fused-ring (bicyclic) bond motifs is 1. The van der Waals surface area contributed by atoms with Crippen molar-refractivity contribution in [1.82, 2.24) is 9.55 Å². The Morgan fingerprint density at radius 2 is 2.12 bits per heavy atom. The molecule has 17 heavy (non-hydrogen) atoms. The van der Waals surface area contributed by atoms with Gasteiger partial charge < -0.3 is 4.57 Å². The molecule has 3 nitrogen and oxygen atoms in total. The van der Waals surface area contributed by atoms with Gasteiger partial charge in [-0.1, -0.05) is 12.1 Å². The smallest absolute Gasteiger partial charge is 0.152 e. The number of aromatic nitrogens is 2. The summed E-state index contributed by atoms with van der Waals surface area (Å²) in [4.78, 5) is 16.3. The van der Waals surface area contributed by atoms with Crippen molar-refractivity contribution in [3.63, 3.8) is 0 Å². The van der Waals surface area contributed by atoms with Crippen molar-refractivity contribution in [2.45, 2.75) is 38.6 Å². The summed E-state index contributed by atoms with van der Waals surface area (Å²) in [7, 11) is 0. The zero-order chi connectivity index (χ0) is 12.0. The number of nitrogens with zero attached hydrogens (tertiary/aromatic N) is 2. The summed E-state index contributed by atoms with van der Waals surface area (Å²) >= 11 is 0. The van der Waals surface area contributed by atoms with Gasteiger partial charge in [0.1, 0.15) is 5.82 Å². The number of hydrogen-bond donors (Lipinski definition) is 0. The number of para-hydroxylation sites is 2. The number of carbonyl (C=O) groups excluding carboxylic acids is 1. The standard InChI is InChI=1S/C14H16N2O/c1-9(10(2)17)16-13-6-4-3-5-12(13)15-14(16)11-7-8-11/h3-6,9,11H,7-8H2,1-2H3. The van der Waals surface area contributed by atoms with E-state index in [9.17, 15) is 4.79 Å². The molecule has 0 aliphatic heterocycles. The van der Waals surface area contributed by atoms with Crippen molar-refractivity contribution in [2.24, 2.45) is 0 Å². The van der Waals surface area contributed by atoms with Crippen LogP contribution in [0.15, 0.2) is 24.3 Å². The lowest BCUT2D eigenvalue weighted by Crippen LogP contribution is -2.15. The molecule has 0 amide bonds. The lowest BCUT2D eigenvalue weighted by molar-refractivity contribution is -0.119. The van der Waals surface area contributed by atoms with Crippen molar-refractivity contribution in [3.8, 4) is 0 Å². The fourth-order valence-corrected chi connectivity index (χ4v) is 2.28. The summed E-state index contributed by atoms with van der Waals surface area (Å²) in [5.41, 5.74) is 2.08. The molecule has 0 bridgehead atoms. The second kappa shape index (κ2) is 3.69. The van der Waals surface area contributed by atoms with Gasteiger partial charge in [-0.2, -0.15) is 0 Å². The van der Waals surface area contributed by atoms with Gasteiger partial charge in [-0.15, -0.1) is 0 Å². The number of rotatable bonds is 3. The second-order valence-electron chi connectivity index (χ2n) is 4.89. The molecule has 1 atom stereocenters. The van der Waals surface area contributed by atoms with Gasteiger partial charge in [0.05, 0.1) is 17.1 Å². The van der Waals surface area contributed by atoms with Crippen molar-refractivity contribution in [1.29, 1.82) is 0 Å². The number of carbonyl (C=O) groups is 1. The van der Waals surface area contributed by atoms with E-state index < -0.39 is 0 Å². The Bertz CT molecular complexity index is 581. The van der Waals surface area contributed by atoms with E-state index in [0.29, 0.717) is 5.92 Å². The molecule has 1 heterocycles. The third-order valence-corrected chi connectivity index (χ3v) is 3.54. The minimum atomic E-state index is -0.113. The maximum atomic E-state index is 11.6. The van der Waals surface area contributed by atoms with Gasteiger partial charge >= 0.3 is 0 Å². The SMILES string of the molecule is CC(=O)C(C)n1c(C2CC2)nc2ccccc21. The third-order valence-electron chi connectivity index (χ3n) is 3.54. The highest BCUT2D eigenvalue weighted by atomic mass is 16.1. The summed E-state index contributed by atoms with van der Waals surface area (Å²) < 4.78 is 2.12. The average molecular weight is 228 g/mol. The Hall–Kier alpha value is -1.64. The van der Waals surface area contributed by atoms with E-state index in [0.717, 1.165) is 16.9 Å². The van der Waals surface area contributed by atoms with Crippen LogP contribution in [0.4, 0.5) is 0 Å². The van der Waals surface area contributed by atoms with Crippen LogP contribution in [-0.4, -0.2) is 15.3 Å². The number of hydrogen-bond acceptors (Lipinski definition) is 2. The molecule has 0 saturated heterocycles. The molecule has 0 radical (unpaired) electrons. The van der Waals surface area contributed by atoms with E-state index in [-0.39, 0.29) is 11.8 Å². The molecule has 1 aliphatic carbocycles. The molecule has 1 unspecified atom stereocenters. The van der Waals surface area contributed by atoms with Crippen LogP contribution in [0.2, 0.25) is 0 Å². The van der Waals surface area contributed by atoms with E-state index in [2.05, 4.69) is 9.55 Å². The lowest BCUT2D eigenvalue weighted by Gasteiger charge is -2.14. The summed E-state index contributed by atoms with van der Waals surface area (Å²) in [6, 6.07) is 7.95. The minimum absolute atomic E-state index is 0.113. The quantitative estimate of drug-likeness (QED) is 0.809. The van der Waals surface area contributed by atoms with Gasteiger partial charge in [-0.25, -0.2) is 4.98 Å². The summed E-state index contributed by atoms with van der Waals surface area (Å²) in [5.74, 6) is 1.84. The third kappa shape index (κ3) is 1.66. The predicted molar refractivity (Wildman–Crippen MR) is 67.1 cm³/mol. The number of ketones is 1. The molecule has 2 aromatic rings. The average Bonchev–Trinajstić information content (AvgIpc) is 3.09. The molecule has 88 valence electrons. The Balaban J connectivity index is 2.24. The monoisotopic (exact) mass is 228 g/mol. The van der Waals surface area contributed by atoms with Gasteiger partial charge in [0.15, 0.2) is 5.78 Å². The minimum Gasteiger partial charge on any atom is -0.317 e. The van der Waals surface area contributed by atoms with Crippen LogP contribution in [0, 0.1) is 0 Å². The van der Waals surface area contributed by atoms with Gasteiger partial charge in [-0.3, -0.25) is 4.79 Å². The van der Waals surface area contributed by atoms with Crippen molar-refractivity contribution in [3.05, 3.63) is 30.1 Å². The summed E-state index contributed by atoms with van der Waals surface area (Å²) in [5, 5.41) is 0. The zero-order valence-corrected chi connectivity index (χ0v) is 10.2. The van der Waals surface area contributed by atoms with Crippen molar-refractivity contribution in [2.75, 3.05) is 0 Å². The first-order valence-electron chi connectivity index (χ1n) is 6.16. The maximum Gasteiger partial charge on any atom is 0.152 e. The van der Waals surface area contributed by atoms with Crippen LogP contribution in [0.25, 0.3) is 11.0 Å². The van der Waals surface area contributed by atoms with Crippen LogP contribution in [0.5, 0.6) is 0 Å². The van der Waals surface area contributed by atoms with Crippen LogP contribution in [-0.2, 0) is 4.79 Å². The van der Waals surface area contributed by atoms with Gasteiger partial charge in [0.2, 0.25) is 0 Å². The Morgan fingerprint density at radius 1 is 1.41 bits per heavy atom. The fourth-order valence-electron chi connectivity index (χ4n) is 2.28. The van der Waals surface area contributed by atoms with Crippen molar-refractivity contribution >= 4 is 16.8 Å². The van der Waals surface area contributed by atoms with Crippen molar-refractivity contribution < 1.29 is 4.79 Å². The number of imidazole rings is 1. The highest BCUT2D eigenvalue weighted by Crippen LogP contribution is 2.41. The number of benzene rings is 1. The molecule has 1 aromatic carbocycles. The Kier molecular flexibility index (Phi) is 2.28. The highest BCUT2D eigenvalue weighted by molar-refractivity contribution is 5.84. The van der Waals surface area contributed by atoms with Gasteiger partial charge in [0, 0.05) is 5.92 Å². The molecule has 1 aromatic heterocycles. The fraction of sp³-hybridized carbons (Fsp3) is 0.429. The first-order valence-corrected chi connectivity index (χ1v) is 6.16. The molecule has 3 rings (SSSR count). The van der Waals surface area contributed by atoms with Gasteiger partial charge in [-0.05, 0) is 38.8 Å². The van der Waals surface area contributed by atoms with E-state index in [1.165, 1.54) is 12.8 Å². The summed E-state index contributed by atoms with van der Waals surface area (Å²) in [6.45, 7) is 3.61. The summed E-state index contributed by atoms with van der Waals surface area (Å²) in [6.07, 6.45) is 2.40. The maximum absolute atomic E-state index is 11.6. The lowest BCUT2D eigenvalue weighted by atomic mass is 10.2. The van der Waals surface area contributed by atoms with Gasteiger partial charge in [0.25, 0.3) is 0 Å². The Labute approximate surface area is 100 Å². The first kappa shape index (κ1) is 10.5. The predicted octanol–water partition coefficient (Wildman–Crippen LogP) is 3.06. The molecule has 3 heteroatoms.